The van der Waals surface area contributed by atoms with Gasteiger partial charge in [0.1, 0.15) is 18.0 Å². The Kier molecular flexibility index (Phi) is 5.27. The van der Waals surface area contributed by atoms with E-state index in [-0.39, 0.29) is 18.1 Å². The summed E-state index contributed by atoms with van der Waals surface area (Å²) in [6.07, 6.45) is 1.67. The van der Waals surface area contributed by atoms with Crippen LogP contribution in [0.15, 0.2) is 83.8 Å². The predicted octanol–water partition coefficient (Wildman–Crippen LogP) is 4.18. The third-order valence-corrected chi connectivity index (χ3v) is 4.44. The van der Waals surface area contributed by atoms with E-state index in [4.69, 9.17) is 16.3 Å². The number of carbonyl (C=O) groups excluding carboxylic acids is 1. The van der Waals surface area contributed by atoms with E-state index in [1.165, 1.54) is 10.5 Å². The summed E-state index contributed by atoms with van der Waals surface area (Å²) >= 11 is 5.92. The van der Waals surface area contributed by atoms with Crippen LogP contribution in [0.2, 0.25) is 5.02 Å². The van der Waals surface area contributed by atoms with Crippen LogP contribution in [0.3, 0.4) is 0 Å². The number of hydrogen-bond donors (Lipinski definition) is 1. The molecule has 0 aliphatic rings. The Labute approximate surface area is 171 Å². The number of aromatic nitrogens is 2. The molecule has 0 saturated carbocycles. The maximum Gasteiger partial charge on any atom is 0.258 e. The molecule has 0 aliphatic carbocycles. The van der Waals surface area contributed by atoms with E-state index < -0.39 is 0 Å². The van der Waals surface area contributed by atoms with E-state index >= 15 is 0 Å². The van der Waals surface area contributed by atoms with Crippen LogP contribution in [0, 0.1) is 0 Å². The number of benzene rings is 2. The highest BCUT2D eigenvalue weighted by molar-refractivity contribution is 6.31. The highest BCUT2D eigenvalue weighted by Gasteiger charge is 2.07. The van der Waals surface area contributed by atoms with Crippen LogP contribution >= 0.6 is 11.6 Å². The van der Waals surface area contributed by atoms with Crippen LogP contribution in [0.25, 0.3) is 5.65 Å². The van der Waals surface area contributed by atoms with E-state index in [2.05, 4.69) is 10.3 Å². The fraction of sp³-hybridized carbons (Fsp3) is 0.0455. The minimum absolute atomic E-state index is 0.159. The Morgan fingerprint density at radius 1 is 1.03 bits per heavy atom. The summed E-state index contributed by atoms with van der Waals surface area (Å²) in [4.78, 5) is 28.8. The lowest BCUT2D eigenvalue weighted by Crippen LogP contribution is -2.16. The topological polar surface area (TPSA) is 72.7 Å². The van der Waals surface area contributed by atoms with Gasteiger partial charge in [-0.25, -0.2) is 4.98 Å². The van der Waals surface area contributed by atoms with Gasteiger partial charge in [0, 0.05) is 28.5 Å². The van der Waals surface area contributed by atoms with Gasteiger partial charge in [-0.2, -0.15) is 0 Å². The lowest BCUT2D eigenvalue weighted by atomic mass is 10.2. The van der Waals surface area contributed by atoms with E-state index in [1.807, 2.05) is 6.07 Å². The van der Waals surface area contributed by atoms with Gasteiger partial charge in [0.05, 0.1) is 5.69 Å². The van der Waals surface area contributed by atoms with Gasteiger partial charge < -0.3 is 10.1 Å². The number of nitrogens with zero attached hydrogens (tertiary/aromatic N) is 2. The maximum absolute atomic E-state index is 12.3. The third-order valence-electron chi connectivity index (χ3n) is 4.21. The lowest BCUT2D eigenvalue weighted by molar-refractivity contribution is 0.102. The highest BCUT2D eigenvalue weighted by Crippen LogP contribution is 2.18. The number of pyridine rings is 1. The zero-order chi connectivity index (χ0) is 20.2. The van der Waals surface area contributed by atoms with Crippen molar-refractivity contribution in [1.82, 2.24) is 9.38 Å². The Morgan fingerprint density at radius 3 is 2.66 bits per heavy atom. The van der Waals surface area contributed by atoms with Gasteiger partial charge in [0.15, 0.2) is 0 Å². The Morgan fingerprint density at radius 2 is 1.86 bits per heavy atom. The molecule has 2 heterocycles. The average molecular weight is 406 g/mol. The predicted molar refractivity (Wildman–Crippen MR) is 112 cm³/mol. The first-order valence-electron chi connectivity index (χ1n) is 8.85. The summed E-state index contributed by atoms with van der Waals surface area (Å²) in [5.41, 5.74) is 2.06. The standard InChI is InChI=1S/C22H16ClN3O3/c23-16-5-3-4-15(12-16)22(28)25-17-7-9-19(10-8-17)29-14-18-13-21(27)26-11-2-1-6-20(26)24-18/h1-13H,14H2,(H,25,28). The van der Waals surface area contributed by atoms with Crippen molar-refractivity contribution < 1.29 is 9.53 Å². The molecule has 144 valence electrons. The van der Waals surface area contributed by atoms with Crippen molar-refractivity contribution in [3.63, 3.8) is 0 Å². The molecule has 0 fully saturated rings. The summed E-state index contributed by atoms with van der Waals surface area (Å²) in [6, 6.07) is 20.5. The second-order valence-electron chi connectivity index (χ2n) is 6.29. The van der Waals surface area contributed by atoms with Crippen LogP contribution in [-0.4, -0.2) is 15.3 Å². The molecule has 6 nitrogen and oxygen atoms in total. The summed E-state index contributed by atoms with van der Waals surface area (Å²) in [7, 11) is 0. The van der Waals surface area contributed by atoms with Gasteiger partial charge >= 0.3 is 0 Å². The van der Waals surface area contributed by atoms with Gasteiger partial charge in [0.25, 0.3) is 11.5 Å². The highest BCUT2D eigenvalue weighted by atomic mass is 35.5. The second-order valence-corrected chi connectivity index (χ2v) is 6.73. The molecular weight excluding hydrogens is 390 g/mol. The number of carbonyl (C=O) groups is 1. The van der Waals surface area contributed by atoms with Crippen molar-refractivity contribution in [2.75, 3.05) is 5.32 Å². The SMILES string of the molecule is O=C(Nc1ccc(OCc2cc(=O)n3ccccc3n2)cc1)c1cccc(Cl)c1. The van der Waals surface area contributed by atoms with E-state index in [0.717, 1.165) is 0 Å². The molecule has 0 unspecified atom stereocenters. The number of fused-ring (bicyclic) bond motifs is 1. The number of hydrogen-bond acceptors (Lipinski definition) is 4. The van der Waals surface area contributed by atoms with Crippen molar-refractivity contribution in [2.24, 2.45) is 0 Å². The molecule has 4 rings (SSSR count). The Hall–Kier alpha value is -3.64. The molecule has 0 spiro atoms. The van der Waals surface area contributed by atoms with Gasteiger partial charge in [-0.3, -0.25) is 14.0 Å². The van der Waals surface area contributed by atoms with Gasteiger partial charge in [-0.05, 0) is 54.6 Å². The molecule has 2 aromatic heterocycles. The quantitative estimate of drug-likeness (QED) is 0.540. The molecule has 0 saturated heterocycles. The van der Waals surface area contributed by atoms with Gasteiger partial charge in [0.2, 0.25) is 0 Å². The molecule has 29 heavy (non-hydrogen) atoms. The van der Waals surface area contributed by atoms with E-state index in [1.54, 1.807) is 66.9 Å². The minimum atomic E-state index is -0.248. The van der Waals surface area contributed by atoms with Crippen molar-refractivity contribution >= 4 is 28.8 Å². The monoisotopic (exact) mass is 405 g/mol. The summed E-state index contributed by atoms with van der Waals surface area (Å²) in [6.45, 7) is 0.162. The molecule has 0 atom stereocenters. The van der Waals surface area contributed by atoms with Gasteiger partial charge in [-0.15, -0.1) is 0 Å². The number of ether oxygens (including phenoxy) is 1. The molecule has 4 aromatic rings. The van der Waals surface area contributed by atoms with Crippen LogP contribution < -0.4 is 15.6 Å². The Balaban J connectivity index is 1.41. The molecular formula is C22H16ClN3O3. The minimum Gasteiger partial charge on any atom is -0.487 e. The summed E-state index contributed by atoms with van der Waals surface area (Å²) < 4.78 is 7.19. The largest absolute Gasteiger partial charge is 0.487 e. The molecule has 2 aromatic carbocycles. The first-order valence-corrected chi connectivity index (χ1v) is 9.23. The van der Waals surface area contributed by atoms with Crippen molar-refractivity contribution in [3.8, 4) is 5.75 Å². The fourth-order valence-corrected chi connectivity index (χ4v) is 2.99. The fourth-order valence-electron chi connectivity index (χ4n) is 2.80. The normalized spacial score (nSPS) is 10.7. The van der Waals surface area contributed by atoms with Crippen LogP contribution in [0.1, 0.15) is 16.1 Å². The lowest BCUT2D eigenvalue weighted by Gasteiger charge is -2.09. The summed E-state index contributed by atoms with van der Waals surface area (Å²) in [5.74, 6) is 0.350. The molecule has 1 amide bonds. The molecule has 0 bridgehead atoms. The summed E-state index contributed by atoms with van der Waals surface area (Å²) in [5, 5.41) is 3.31. The molecule has 0 radical (unpaired) electrons. The number of anilines is 1. The van der Waals surface area contributed by atoms with Crippen LogP contribution in [-0.2, 0) is 6.61 Å². The van der Waals surface area contributed by atoms with Gasteiger partial charge in [-0.1, -0.05) is 23.7 Å². The van der Waals surface area contributed by atoms with E-state index in [9.17, 15) is 9.59 Å². The first-order chi connectivity index (χ1) is 14.1. The first kappa shape index (κ1) is 18.7. The number of halogens is 1. The van der Waals surface area contributed by atoms with E-state index in [0.29, 0.717) is 33.4 Å². The van der Waals surface area contributed by atoms with Crippen molar-refractivity contribution in [3.05, 3.63) is 106 Å². The second kappa shape index (κ2) is 8.16. The van der Waals surface area contributed by atoms with Crippen LogP contribution in [0.5, 0.6) is 5.75 Å². The zero-order valence-corrected chi connectivity index (χ0v) is 16.0. The Bertz CT molecular complexity index is 1240. The number of amides is 1. The van der Waals surface area contributed by atoms with Crippen molar-refractivity contribution in [1.29, 1.82) is 0 Å². The smallest absolute Gasteiger partial charge is 0.258 e. The third kappa shape index (κ3) is 4.44. The van der Waals surface area contributed by atoms with Crippen LogP contribution in [0.4, 0.5) is 5.69 Å². The zero-order valence-electron chi connectivity index (χ0n) is 15.2. The molecule has 0 aliphatic heterocycles. The number of nitrogens with one attached hydrogen (secondary N) is 1. The van der Waals surface area contributed by atoms with Crippen molar-refractivity contribution in [2.45, 2.75) is 6.61 Å². The maximum atomic E-state index is 12.3. The number of rotatable bonds is 5. The molecule has 1 N–H and O–H groups in total. The average Bonchev–Trinajstić information content (AvgIpc) is 2.73. The molecule has 7 heteroatoms.